The van der Waals surface area contributed by atoms with Crippen molar-refractivity contribution >= 4 is 10.8 Å². The van der Waals surface area contributed by atoms with Crippen molar-refractivity contribution in [1.29, 1.82) is 0 Å². The number of benzene rings is 2. The first-order valence-electron chi connectivity index (χ1n) is 6.67. The van der Waals surface area contributed by atoms with E-state index >= 15 is 0 Å². The van der Waals surface area contributed by atoms with Crippen molar-refractivity contribution in [3.8, 4) is 5.69 Å². The fraction of sp³-hybridized carbons (Fsp3) is 0.0625. The summed E-state index contributed by atoms with van der Waals surface area (Å²) >= 11 is 0. The van der Waals surface area contributed by atoms with E-state index in [1.807, 2.05) is 0 Å². The molecule has 0 radical (unpaired) electrons. The van der Waals surface area contributed by atoms with Crippen LogP contribution in [0.15, 0.2) is 59.6 Å². The maximum absolute atomic E-state index is 13.6. The predicted octanol–water partition coefficient (Wildman–Crippen LogP) is 3.60. The van der Waals surface area contributed by atoms with E-state index in [1.165, 1.54) is 16.8 Å². The molecular formula is C16H11F3N2OS. The van der Waals surface area contributed by atoms with Crippen LogP contribution in [0.4, 0.5) is 13.2 Å². The Balaban J connectivity index is 1.80. The van der Waals surface area contributed by atoms with Crippen molar-refractivity contribution in [2.24, 2.45) is 0 Å². The molecule has 1 heterocycles. The highest BCUT2D eigenvalue weighted by Gasteiger charge is 2.13. The van der Waals surface area contributed by atoms with E-state index in [9.17, 15) is 17.4 Å². The molecule has 0 saturated heterocycles. The Kier molecular flexibility index (Phi) is 4.29. The maximum Gasteiger partial charge on any atom is 0.139 e. The van der Waals surface area contributed by atoms with E-state index in [0.717, 1.165) is 18.2 Å². The van der Waals surface area contributed by atoms with Gasteiger partial charge in [-0.05, 0) is 48.5 Å². The number of rotatable bonds is 4. The van der Waals surface area contributed by atoms with Crippen molar-refractivity contribution in [1.82, 2.24) is 9.78 Å². The number of hydrogen-bond donors (Lipinski definition) is 0. The summed E-state index contributed by atoms with van der Waals surface area (Å²) in [6, 6.07) is 10.2. The summed E-state index contributed by atoms with van der Waals surface area (Å²) in [6.07, 6.45) is 1.63. The Hall–Kier alpha value is -2.41. The van der Waals surface area contributed by atoms with Crippen LogP contribution in [0, 0.1) is 17.5 Å². The number of hydrogen-bond acceptors (Lipinski definition) is 2. The van der Waals surface area contributed by atoms with Gasteiger partial charge in [-0.15, -0.1) is 0 Å². The van der Waals surface area contributed by atoms with Crippen LogP contribution in [0.25, 0.3) is 5.69 Å². The van der Waals surface area contributed by atoms with Gasteiger partial charge < -0.3 is 0 Å². The van der Waals surface area contributed by atoms with Gasteiger partial charge >= 0.3 is 0 Å². The number of aromatic nitrogens is 2. The zero-order chi connectivity index (χ0) is 16.4. The third kappa shape index (κ3) is 3.50. The number of halogens is 3. The van der Waals surface area contributed by atoms with Gasteiger partial charge in [0, 0.05) is 6.20 Å². The first kappa shape index (κ1) is 15.5. The zero-order valence-electron chi connectivity index (χ0n) is 11.7. The van der Waals surface area contributed by atoms with Crippen LogP contribution in [0.5, 0.6) is 0 Å². The van der Waals surface area contributed by atoms with Gasteiger partial charge in [-0.2, -0.15) is 5.10 Å². The van der Waals surface area contributed by atoms with Crippen LogP contribution in [-0.4, -0.2) is 14.0 Å². The number of nitrogens with zero attached hydrogens (tertiary/aromatic N) is 2. The third-order valence-electron chi connectivity index (χ3n) is 3.15. The molecule has 0 aliphatic heterocycles. The minimum absolute atomic E-state index is 0.0471. The summed E-state index contributed by atoms with van der Waals surface area (Å²) in [7, 11) is -1.75. The Morgan fingerprint density at radius 3 is 2.39 bits per heavy atom. The van der Waals surface area contributed by atoms with Crippen molar-refractivity contribution in [2.45, 2.75) is 10.6 Å². The first-order chi connectivity index (χ1) is 11.0. The second-order valence-electron chi connectivity index (χ2n) is 4.79. The Morgan fingerprint density at radius 2 is 1.65 bits per heavy atom. The standard InChI is InChI=1S/C16H11F3N2OS/c17-11-1-4-14(5-2-11)21-8-7-13(20-21)10-23(22)16-9-12(18)3-6-15(16)19/h1-9H,10H2/t23-/m0/s1. The first-order valence-corrected chi connectivity index (χ1v) is 7.99. The van der Waals surface area contributed by atoms with E-state index in [-0.39, 0.29) is 16.5 Å². The zero-order valence-corrected chi connectivity index (χ0v) is 12.6. The topological polar surface area (TPSA) is 34.9 Å². The van der Waals surface area contributed by atoms with Gasteiger partial charge in [-0.3, -0.25) is 4.21 Å². The van der Waals surface area contributed by atoms with Crippen LogP contribution in [-0.2, 0) is 16.6 Å². The van der Waals surface area contributed by atoms with Gasteiger partial charge in [-0.1, -0.05) is 0 Å². The van der Waals surface area contributed by atoms with Crippen molar-refractivity contribution < 1.29 is 17.4 Å². The minimum Gasteiger partial charge on any atom is -0.254 e. The molecule has 3 aromatic rings. The molecule has 1 aromatic heterocycles. The summed E-state index contributed by atoms with van der Waals surface area (Å²) in [6.45, 7) is 0. The molecule has 0 aliphatic carbocycles. The van der Waals surface area contributed by atoms with Crippen LogP contribution in [0.1, 0.15) is 5.69 Å². The molecule has 0 aliphatic rings. The second kappa shape index (κ2) is 6.37. The molecule has 0 bridgehead atoms. The lowest BCUT2D eigenvalue weighted by atomic mass is 10.3. The van der Waals surface area contributed by atoms with E-state index in [1.54, 1.807) is 24.4 Å². The average molecular weight is 336 g/mol. The van der Waals surface area contributed by atoms with E-state index in [2.05, 4.69) is 5.10 Å². The minimum atomic E-state index is -1.75. The maximum atomic E-state index is 13.6. The molecule has 0 fully saturated rings. The van der Waals surface area contributed by atoms with Crippen LogP contribution in [0.3, 0.4) is 0 Å². The molecule has 0 unspecified atom stereocenters. The molecule has 3 rings (SSSR count). The predicted molar refractivity (Wildman–Crippen MR) is 80.0 cm³/mol. The summed E-state index contributed by atoms with van der Waals surface area (Å²) in [5.41, 5.74) is 1.09. The fourth-order valence-corrected chi connectivity index (χ4v) is 3.15. The van der Waals surface area contributed by atoms with Gasteiger partial charge in [0.15, 0.2) is 0 Å². The smallest absolute Gasteiger partial charge is 0.139 e. The lowest BCUT2D eigenvalue weighted by Crippen LogP contribution is -2.02. The summed E-state index contributed by atoms with van der Waals surface area (Å²) in [4.78, 5) is -0.193. The van der Waals surface area contributed by atoms with Crippen molar-refractivity contribution in [2.75, 3.05) is 0 Å². The molecule has 1 atom stereocenters. The second-order valence-corrected chi connectivity index (χ2v) is 6.21. The van der Waals surface area contributed by atoms with Crippen molar-refractivity contribution in [3.05, 3.63) is 77.9 Å². The monoisotopic (exact) mass is 336 g/mol. The highest BCUT2D eigenvalue weighted by molar-refractivity contribution is 7.84. The average Bonchev–Trinajstić information content (AvgIpc) is 2.99. The van der Waals surface area contributed by atoms with Crippen LogP contribution >= 0.6 is 0 Å². The Bertz CT molecular complexity index is 862. The van der Waals surface area contributed by atoms with E-state index in [0.29, 0.717) is 11.4 Å². The van der Waals surface area contributed by atoms with Crippen molar-refractivity contribution in [3.63, 3.8) is 0 Å². The van der Waals surface area contributed by atoms with Crippen LogP contribution in [0.2, 0.25) is 0 Å². The Labute approximate surface area is 132 Å². The molecule has 118 valence electrons. The van der Waals surface area contributed by atoms with Gasteiger partial charge in [0.1, 0.15) is 17.5 Å². The summed E-state index contributed by atoms with van der Waals surface area (Å²) in [5, 5.41) is 4.21. The summed E-state index contributed by atoms with van der Waals surface area (Å²) in [5.74, 6) is -1.77. The fourth-order valence-electron chi connectivity index (χ4n) is 2.04. The lowest BCUT2D eigenvalue weighted by molar-refractivity contribution is 0.572. The normalized spacial score (nSPS) is 12.3. The Morgan fingerprint density at radius 1 is 0.957 bits per heavy atom. The molecule has 0 saturated carbocycles. The van der Waals surface area contributed by atoms with Gasteiger partial charge in [-0.25, -0.2) is 17.9 Å². The molecule has 3 nitrogen and oxygen atoms in total. The largest absolute Gasteiger partial charge is 0.254 e. The third-order valence-corrected chi connectivity index (χ3v) is 4.51. The molecule has 23 heavy (non-hydrogen) atoms. The SMILES string of the molecule is O=[S@@](Cc1ccn(-c2ccc(F)cc2)n1)c1cc(F)ccc1F. The van der Waals surface area contributed by atoms with Gasteiger partial charge in [0.25, 0.3) is 0 Å². The molecule has 0 amide bonds. The van der Waals surface area contributed by atoms with E-state index in [4.69, 9.17) is 0 Å². The molecule has 0 spiro atoms. The quantitative estimate of drug-likeness (QED) is 0.730. The lowest BCUT2D eigenvalue weighted by Gasteiger charge is -2.03. The highest BCUT2D eigenvalue weighted by Crippen LogP contribution is 2.17. The molecule has 0 N–H and O–H groups in total. The molecular weight excluding hydrogens is 325 g/mol. The van der Waals surface area contributed by atoms with Crippen LogP contribution < -0.4 is 0 Å². The van der Waals surface area contributed by atoms with E-state index < -0.39 is 22.4 Å². The molecule has 2 aromatic carbocycles. The highest BCUT2D eigenvalue weighted by atomic mass is 32.2. The van der Waals surface area contributed by atoms with Gasteiger partial charge in [0.2, 0.25) is 0 Å². The molecule has 7 heteroatoms. The summed E-state index contributed by atoms with van der Waals surface area (Å²) < 4.78 is 53.3. The van der Waals surface area contributed by atoms with Gasteiger partial charge in [0.05, 0.1) is 32.8 Å².